The molecule has 27 heavy (non-hydrogen) atoms. The van der Waals surface area contributed by atoms with Crippen molar-refractivity contribution < 1.29 is 23.7 Å². The Morgan fingerprint density at radius 3 is 2.19 bits per heavy atom. The number of nitriles is 1. The first-order valence-corrected chi connectivity index (χ1v) is 8.89. The molecule has 1 aromatic carbocycles. The molecule has 1 aromatic rings. The average molecular weight is 414 g/mol. The van der Waals surface area contributed by atoms with E-state index in [1.165, 1.54) is 21.3 Å². The number of carbonyl (C=O) groups is 1. The molecule has 0 amide bonds. The van der Waals surface area contributed by atoms with E-state index in [-0.39, 0.29) is 15.8 Å². The van der Waals surface area contributed by atoms with Gasteiger partial charge in [0.05, 0.1) is 32.8 Å². The van der Waals surface area contributed by atoms with E-state index in [9.17, 15) is 10.1 Å². The van der Waals surface area contributed by atoms with Crippen molar-refractivity contribution in [3.63, 3.8) is 0 Å². The Bertz CT molecular complexity index is 796. The highest BCUT2D eigenvalue weighted by atomic mass is 35.5. The minimum absolute atomic E-state index is 0.0989. The number of nitrogens with zero attached hydrogens (tertiary/aromatic N) is 1. The highest BCUT2D eigenvalue weighted by Crippen LogP contribution is 2.60. The van der Waals surface area contributed by atoms with Crippen molar-refractivity contribution in [2.45, 2.75) is 20.0 Å². The molecule has 1 saturated carbocycles. The second-order valence-electron chi connectivity index (χ2n) is 6.68. The third-order valence-corrected chi connectivity index (χ3v) is 5.09. The van der Waals surface area contributed by atoms with Gasteiger partial charge in [0.15, 0.2) is 11.5 Å². The van der Waals surface area contributed by atoms with E-state index in [1.54, 1.807) is 18.2 Å². The zero-order valence-corrected chi connectivity index (χ0v) is 17.2. The maximum Gasteiger partial charge on any atom is 0.311 e. The summed E-state index contributed by atoms with van der Waals surface area (Å²) in [7, 11) is 4.42. The first-order valence-electron chi connectivity index (χ1n) is 8.14. The van der Waals surface area contributed by atoms with Gasteiger partial charge in [0.25, 0.3) is 0 Å². The molecule has 0 spiro atoms. The summed E-state index contributed by atoms with van der Waals surface area (Å²) < 4.78 is 21.4. The van der Waals surface area contributed by atoms with Gasteiger partial charge in [-0.3, -0.25) is 4.79 Å². The highest BCUT2D eigenvalue weighted by Gasteiger charge is 2.62. The Balaban J connectivity index is 2.29. The third kappa shape index (κ3) is 4.26. The zero-order valence-electron chi connectivity index (χ0n) is 15.7. The fraction of sp³-hybridized carbons (Fsp3) is 0.474. The molecular weight excluding hydrogens is 393 g/mol. The number of allylic oxidation sites excluding steroid dienone is 1. The van der Waals surface area contributed by atoms with E-state index in [2.05, 4.69) is 0 Å². The molecule has 3 unspecified atom stereocenters. The van der Waals surface area contributed by atoms with Crippen LogP contribution in [0.4, 0.5) is 0 Å². The Morgan fingerprint density at radius 1 is 1.15 bits per heavy atom. The summed E-state index contributed by atoms with van der Waals surface area (Å²) in [4.78, 5) is 12.6. The van der Waals surface area contributed by atoms with Gasteiger partial charge in [0, 0.05) is 6.07 Å². The number of esters is 1. The lowest BCUT2D eigenvalue weighted by Crippen LogP contribution is -2.15. The number of rotatable bonds is 7. The van der Waals surface area contributed by atoms with Crippen LogP contribution in [0.15, 0.2) is 22.7 Å². The monoisotopic (exact) mass is 413 g/mol. The van der Waals surface area contributed by atoms with Crippen LogP contribution >= 0.6 is 23.2 Å². The fourth-order valence-electron chi connectivity index (χ4n) is 3.18. The molecule has 6 nitrogen and oxygen atoms in total. The second-order valence-corrected chi connectivity index (χ2v) is 7.68. The fourth-order valence-corrected chi connectivity index (χ4v) is 3.45. The highest BCUT2D eigenvalue weighted by molar-refractivity contribution is 6.55. The lowest BCUT2D eigenvalue weighted by molar-refractivity contribution is -0.149. The van der Waals surface area contributed by atoms with Gasteiger partial charge in [-0.15, -0.1) is 0 Å². The molecule has 0 N–H and O–H groups in total. The molecule has 8 heteroatoms. The van der Waals surface area contributed by atoms with Crippen molar-refractivity contribution in [3.05, 3.63) is 28.3 Å². The lowest BCUT2D eigenvalue weighted by atomic mass is 10.1. The van der Waals surface area contributed by atoms with Crippen LogP contribution in [0.2, 0.25) is 0 Å². The maximum absolute atomic E-state index is 12.6. The largest absolute Gasteiger partial charge is 0.496 e. The summed E-state index contributed by atoms with van der Waals surface area (Å²) in [6.07, 6.45) is 0.452. The summed E-state index contributed by atoms with van der Waals surface area (Å²) in [6, 6.07) is 5.13. The van der Waals surface area contributed by atoms with Crippen LogP contribution in [-0.2, 0) is 9.53 Å². The van der Waals surface area contributed by atoms with Gasteiger partial charge in [-0.2, -0.15) is 5.26 Å². The minimum Gasteiger partial charge on any atom is -0.496 e. The van der Waals surface area contributed by atoms with Gasteiger partial charge in [-0.1, -0.05) is 37.0 Å². The molecular formula is C19H21Cl2NO5. The van der Waals surface area contributed by atoms with Crippen LogP contribution in [0.5, 0.6) is 17.2 Å². The van der Waals surface area contributed by atoms with Crippen LogP contribution < -0.4 is 14.2 Å². The molecule has 146 valence electrons. The van der Waals surface area contributed by atoms with Gasteiger partial charge < -0.3 is 18.9 Å². The smallest absolute Gasteiger partial charge is 0.311 e. The van der Waals surface area contributed by atoms with Crippen LogP contribution in [0.25, 0.3) is 0 Å². The van der Waals surface area contributed by atoms with E-state index in [0.717, 1.165) is 0 Å². The van der Waals surface area contributed by atoms with Crippen molar-refractivity contribution in [3.8, 4) is 23.3 Å². The minimum atomic E-state index is -1.17. The first kappa shape index (κ1) is 21.2. The summed E-state index contributed by atoms with van der Waals surface area (Å²) in [6.45, 7) is 3.82. The van der Waals surface area contributed by atoms with Crippen molar-refractivity contribution in [1.82, 2.24) is 0 Å². The van der Waals surface area contributed by atoms with Gasteiger partial charge >= 0.3 is 5.97 Å². The number of ether oxygens (including phenoxy) is 4. The quantitative estimate of drug-likeness (QED) is 0.615. The predicted molar refractivity (Wildman–Crippen MR) is 101 cm³/mol. The molecule has 1 aliphatic carbocycles. The van der Waals surface area contributed by atoms with Crippen molar-refractivity contribution in [2.24, 2.45) is 17.3 Å². The van der Waals surface area contributed by atoms with E-state index in [4.69, 9.17) is 42.1 Å². The average Bonchev–Trinajstić information content (AvgIpc) is 3.17. The van der Waals surface area contributed by atoms with E-state index < -0.39 is 18.0 Å². The van der Waals surface area contributed by atoms with Crippen molar-refractivity contribution in [1.29, 1.82) is 5.26 Å². The van der Waals surface area contributed by atoms with E-state index in [0.29, 0.717) is 22.8 Å². The van der Waals surface area contributed by atoms with Crippen LogP contribution in [0.3, 0.4) is 0 Å². The Kier molecular flexibility index (Phi) is 6.50. The second kappa shape index (κ2) is 8.28. The topological polar surface area (TPSA) is 77.8 Å². The summed E-state index contributed by atoms with van der Waals surface area (Å²) in [5.41, 5.74) is 0.0142. The van der Waals surface area contributed by atoms with Gasteiger partial charge in [0.2, 0.25) is 6.10 Å². The normalized spacial score (nSPS) is 20.7. The maximum atomic E-state index is 12.6. The Morgan fingerprint density at radius 2 is 1.70 bits per heavy atom. The third-order valence-electron chi connectivity index (χ3n) is 4.84. The van der Waals surface area contributed by atoms with Gasteiger partial charge in [-0.05, 0) is 23.5 Å². The number of benzene rings is 1. The standard InChI is InChI=1S/C19H21Cl2NO5/c1-19(2)11(7-16(20)21)17(19)18(23)27-15(9-22)10-6-13(25-4)14(26-5)8-12(10)24-3/h6-8,11,15,17H,1-5H3. The van der Waals surface area contributed by atoms with Crippen LogP contribution in [0.1, 0.15) is 25.5 Å². The molecule has 3 atom stereocenters. The van der Waals surface area contributed by atoms with E-state index in [1.807, 2.05) is 19.9 Å². The molecule has 0 saturated heterocycles. The predicted octanol–water partition coefficient (Wildman–Crippen LogP) is 4.41. The Hall–Kier alpha value is -2.10. The first-order chi connectivity index (χ1) is 12.7. The van der Waals surface area contributed by atoms with Crippen molar-refractivity contribution >= 4 is 29.2 Å². The van der Waals surface area contributed by atoms with Gasteiger partial charge in [-0.25, -0.2) is 0 Å². The van der Waals surface area contributed by atoms with Crippen LogP contribution in [0, 0.1) is 28.6 Å². The molecule has 1 aliphatic rings. The molecule has 0 heterocycles. The number of hydrogen-bond donors (Lipinski definition) is 0. The molecule has 0 bridgehead atoms. The summed E-state index contributed by atoms with van der Waals surface area (Å²) >= 11 is 11.4. The number of halogens is 2. The number of carbonyl (C=O) groups excluding carboxylic acids is 1. The molecule has 2 rings (SSSR count). The van der Waals surface area contributed by atoms with E-state index >= 15 is 0 Å². The molecule has 0 aromatic heterocycles. The SMILES string of the molecule is COc1cc(OC)c(C(C#N)OC(=O)C2C(C=C(Cl)Cl)C2(C)C)cc1OC. The lowest BCUT2D eigenvalue weighted by Gasteiger charge is -2.18. The molecule has 0 aliphatic heterocycles. The number of hydrogen-bond acceptors (Lipinski definition) is 6. The molecule has 0 radical (unpaired) electrons. The summed E-state index contributed by atoms with van der Waals surface area (Å²) in [5, 5.41) is 9.57. The number of methoxy groups -OCH3 is 3. The van der Waals surface area contributed by atoms with Crippen LogP contribution in [-0.4, -0.2) is 27.3 Å². The zero-order chi connectivity index (χ0) is 20.4. The Labute approximate surface area is 168 Å². The van der Waals surface area contributed by atoms with Crippen molar-refractivity contribution in [2.75, 3.05) is 21.3 Å². The summed E-state index contributed by atoms with van der Waals surface area (Å²) in [5.74, 6) is 0.0904. The van der Waals surface area contributed by atoms with Gasteiger partial charge in [0.1, 0.15) is 16.3 Å². The molecule has 1 fully saturated rings.